The van der Waals surface area contributed by atoms with Gasteiger partial charge in [0, 0.05) is 11.6 Å². The number of nitrogens with zero attached hydrogens (tertiary/aromatic N) is 1. The number of halogens is 2. The van der Waals surface area contributed by atoms with Crippen molar-refractivity contribution in [2.75, 3.05) is 0 Å². The van der Waals surface area contributed by atoms with Gasteiger partial charge in [0.1, 0.15) is 11.5 Å². The van der Waals surface area contributed by atoms with Crippen molar-refractivity contribution in [3.8, 4) is 11.3 Å². The standard InChI is InChI=1S/C10H7ClFNO/c1-6-4-7(2-3-8(6)12)9-5-10(11)14-13-9/h2-5H,1H3. The van der Waals surface area contributed by atoms with Crippen molar-refractivity contribution in [2.24, 2.45) is 0 Å². The number of rotatable bonds is 1. The van der Waals surface area contributed by atoms with E-state index >= 15 is 0 Å². The quantitative estimate of drug-likeness (QED) is 0.722. The molecule has 1 heterocycles. The Hall–Kier alpha value is -1.35. The van der Waals surface area contributed by atoms with Crippen LogP contribution in [-0.4, -0.2) is 5.16 Å². The maximum Gasteiger partial charge on any atom is 0.226 e. The lowest BCUT2D eigenvalue weighted by Crippen LogP contribution is -1.83. The molecule has 0 saturated carbocycles. The summed E-state index contributed by atoms with van der Waals surface area (Å²) in [5.41, 5.74) is 1.97. The Morgan fingerprint density at radius 3 is 2.71 bits per heavy atom. The van der Waals surface area contributed by atoms with Crippen LogP contribution in [0.2, 0.25) is 5.22 Å². The van der Waals surface area contributed by atoms with E-state index in [0.717, 1.165) is 5.56 Å². The molecule has 0 N–H and O–H groups in total. The van der Waals surface area contributed by atoms with Gasteiger partial charge in [-0.05, 0) is 42.3 Å². The number of hydrogen-bond acceptors (Lipinski definition) is 2. The minimum absolute atomic E-state index is 0.224. The first kappa shape index (κ1) is 9.21. The number of hydrogen-bond donors (Lipinski definition) is 0. The molecular formula is C10H7ClFNO. The summed E-state index contributed by atoms with van der Waals surface area (Å²) in [6.07, 6.45) is 0. The average molecular weight is 212 g/mol. The summed E-state index contributed by atoms with van der Waals surface area (Å²) in [7, 11) is 0. The fraction of sp³-hybridized carbons (Fsp3) is 0.100. The summed E-state index contributed by atoms with van der Waals surface area (Å²) >= 11 is 5.58. The van der Waals surface area contributed by atoms with E-state index < -0.39 is 0 Å². The van der Waals surface area contributed by atoms with Crippen LogP contribution in [0.1, 0.15) is 5.56 Å². The van der Waals surface area contributed by atoms with E-state index in [1.807, 2.05) is 0 Å². The molecule has 1 aromatic carbocycles. The van der Waals surface area contributed by atoms with Crippen LogP contribution in [0.3, 0.4) is 0 Å². The van der Waals surface area contributed by atoms with Crippen LogP contribution >= 0.6 is 11.6 Å². The topological polar surface area (TPSA) is 26.0 Å². The Labute approximate surface area is 85.3 Å². The van der Waals surface area contributed by atoms with E-state index in [1.165, 1.54) is 6.07 Å². The van der Waals surface area contributed by atoms with Gasteiger partial charge in [0.05, 0.1) is 0 Å². The summed E-state index contributed by atoms with van der Waals surface area (Å²) in [5.74, 6) is -0.233. The molecule has 0 bridgehead atoms. The van der Waals surface area contributed by atoms with Crippen molar-refractivity contribution >= 4 is 11.6 Å². The monoisotopic (exact) mass is 211 g/mol. The molecule has 0 spiro atoms. The van der Waals surface area contributed by atoms with Gasteiger partial charge < -0.3 is 4.52 Å². The zero-order valence-electron chi connectivity index (χ0n) is 7.42. The second-order valence-corrected chi connectivity index (χ2v) is 3.35. The van der Waals surface area contributed by atoms with Gasteiger partial charge in [0.25, 0.3) is 0 Å². The molecule has 4 heteroatoms. The zero-order valence-corrected chi connectivity index (χ0v) is 8.18. The van der Waals surface area contributed by atoms with Crippen molar-refractivity contribution in [3.63, 3.8) is 0 Å². The SMILES string of the molecule is Cc1cc(-c2cc(Cl)on2)ccc1F. The van der Waals surface area contributed by atoms with Crippen LogP contribution in [0.4, 0.5) is 4.39 Å². The van der Waals surface area contributed by atoms with Gasteiger partial charge in [0.15, 0.2) is 0 Å². The van der Waals surface area contributed by atoms with Crippen LogP contribution in [0, 0.1) is 12.7 Å². The normalized spacial score (nSPS) is 10.5. The second kappa shape index (κ2) is 3.42. The summed E-state index contributed by atoms with van der Waals surface area (Å²) in [6.45, 7) is 1.69. The predicted molar refractivity (Wildman–Crippen MR) is 51.6 cm³/mol. The lowest BCUT2D eigenvalue weighted by atomic mass is 10.1. The molecule has 72 valence electrons. The highest BCUT2D eigenvalue weighted by atomic mass is 35.5. The Bertz CT molecular complexity index is 467. The molecule has 2 rings (SSSR count). The van der Waals surface area contributed by atoms with E-state index in [9.17, 15) is 4.39 Å². The number of aryl methyl sites for hydroxylation is 1. The van der Waals surface area contributed by atoms with Crippen LogP contribution in [-0.2, 0) is 0 Å². The van der Waals surface area contributed by atoms with Crippen molar-refractivity contribution < 1.29 is 8.91 Å². The van der Waals surface area contributed by atoms with Crippen LogP contribution in [0.5, 0.6) is 0 Å². The van der Waals surface area contributed by atoms with Crippen LogP contribution in [0.15, 0.2) is 28.8 Å². The second-order valence-electron chi connectivity index (χ2n) is 2.98. The van der Waals surface area contributed by atoms with Crippen LogP contribution < -0.4 is 0 Å². The molecule has 0 fully saturated rings. The predicted octanol–water partition coefficient (Wildman–Crippen LogP) is 3.44. The third-order valence-corrected chi connectivity index (χ3v) is 2.11. The lowest BCUT2D eigenvalue weighted by molar-refractivity contribution is 0.424. The van der Waals surface area contributed by atoms with Gasteiger partial charge in [-0.3, -0.25) is 0 Å². The maximum absolute atomic E-state index is 12.9. The molecule has 0 radical (unpaired) electrons. The number of benzene rings is 1. The Morgan fingerprint density at radius 2 is 2.14 bits per heavy atom. The first-order valence-corrected chi connectivity index (χ1v) is 4.43. The third-order valence-electron chi connectivity index (χ3n) is 1.94. The van der Waals surface area contributed by atoms with Gasteiger partial charge in [-0.15, -0.1) is 0 Å². The lowest BCUT2D eigenvalue weighted by Gasteiger charge is -1.98. The maximum atomic E-state index is 12.9. The Balaban J connectivity index is 2.47. The summed E-state index contributed by atoms with van der Waals surface area (Å²) in [4.78, 5) is 0. The Morgan fingerprint density at radius 1 is 1.36 bits per heavy atom. The van der Waals surface area contributed by atoms with Crippen molar-refractivity contribution in [1.29, 1.82) is 0 Å². The number of aromatic nitrogens is 1. The molecule has 1 aromatic heterocycles. The van der Waals surface area contributed by atoms with Gasteiger partial charge in [-0.1, -0.05) is 5.16 Å². The van der Waals surface area contributed by atoms with E-state index in [1.54, 1.807) is 25.1 Å². The molecule has 14 heavy (non-hydrogen) atoms. The summed E-state index contributed by atoms with van der Waals surface area (Å²) in [5, 5.41) is 3.95. The van der Waals surface area contributed by atoms with Crippen molar-refractivity contribution in [2.45, 2.75) is 6.92 Å². The van der Waals surface area contributed by atoms with Crippen LogP contribution in [0.25, 0.3) is 11.3 Å². The highest BCUT2D eigenvalue weighted by Gasteiger charge is 2.06. The molecule has 0 unspecified atom stereocenters. The largest absolute Gasteiger partial charge is 0.344 e. The first-order valence-electron chi connectivity index (χ1n) is 4.05. The first-order chi connectivity index (χ1) is 6.66. The minimum atomic E-state index is -0.233. The highest BCUT2D eigenvalue weighted by molar-refractivity contribution is 6.29. The smallest absolute Gasteiger partial charge is 0.226 e. The van der Waals surface area contributed by atoms with Crippen molar-refractivity contribution in [3.05, 3.63) is 40.9 Å². The molecule has 2 nitrogen and oxygen atoms in total. The molecule has 0 aliphatic rings. The summed E-state index contributed by atoms with van der Waals surface area (Å²) < 4.78 is 17.7. The van der Waals surface area contributed by atoms with E-state index in [0.29, 0.717) is 11.3 Å². The molecule has 0 amide bonds. The minimum Gasteiger partial charge on any atom is -0.344 e. The molecule has 0 saturated heterocycles. The van der Waals surface area contributed by atoms with E-state index in [-0.39, 0.29) is 11.0 Å². The zero-order chi connectivity index (χ0) is 10.1. The molecular weight excluding hydrogens is 205 g/mol. The highest BCUT2D eigenvalue weighted by Crippen LogP contribution is 2.23. The van der Waals surface area contributed by atoms with Gasteiger partial charge in [0.2, 0.25) is 5.22 Å². The molecule has 2 aromatic rings. The Kier molecular flexibility index (Phi) is 2.25. The fourth-order valence-electron chi connectivity index (χ4n) is 1.19. The molecule has 0 aliphatic heterocycles. The summed E-state index contributed by atoms with van der Waals surface area (Å²) in [6, 6.07) is 6.32. The fourth-order valence-corrected chi connectivity index (χ4v) is 1.33. The van der Waals surface area contributed by atoms with Gasteiger partial charge in [-0.2, -0.15) is 0 Å². The molecule has 0 atom stereocenters. The van der Waals surface area contributed by atoms with Crippen molar-refractivity contribution in [1.82, 2.24) is 5.16 Å². The average Bonchev–Trinajstić information content (AvgIpc) is 2.57. The third kappa shape index (κ3) is 1.63. The van der Waals surface area contributed by atoms with Gasteiger partial charge in [-0.25, -0.2) is 4.39 Å². The van der Waals surface area contributed by atoms with E-state index in [2.05, 4.69) is 5.16 Å². The van der Waals surface area contributed by atoms with Gasteiger partial charge >= 0.3 is 0 Å². The van der Waals surface area contributed by atoms with E-state index in [4.69, 9.17) is 16.1 Å². The molecule has 0 aliphatic carbocycles.